The van der Waals surface area contributed by atoms with Crippen molar-refractivity contribution in [1.29, 1.82) is 0 Å². The monoisotopic (exact) mass is 237 g/mol. The summed E-state index contributed by atoms with van der Waals surface area (Å²) in [5, 5.41) is 15.4. The lowest BCUT2D eigenvalue weighted by Crippen LogP contribution is -2.23. The van der Waals surface area contributed by atoms with Gasteiger partial charge in [0.15, 0.2) is 5.69 Å². The predicted molar refractivity (Wildman–Crippen MR) is 46.7 cm³/mol. The first-order valence-corrected chi connectivity index (χ1v) is 4.50. The molecule has 1 rings (SSSR count). The zero-order valence-electron chi connectivity index (χ0n) is 8.40. The molecule has 8 heteroatoms. The van der Waals surface area contributed by atoms with Gasteiger partial charge in [0.05, 0.1) is 12.3 Å². The topological polar surface area (TPSA) is 68.0 Å². The Labute approximate surface area is 88.9 Å². The van der Waals surface area contributed by atoms with Crippen molar-refractivity contribution in [2.75, 3.05) is 0 Å². The molecule has 1 aromatic heterocycles. The van der Waals surface area contributed by atoms with Crippen molar-refractivity contribution in [3.63, 3.8) is 0 Å². The summed E-state index contributed by atoms with van der Waals surface area (Å²) in [5.41, 5.74) is -0.738. The number of aryl methyl sites for hydroxylation is 1. The molecule has 0 radical (unpaired) electrons. The molecule has 0 aliphatic heterocycles. The Morgan fingerprint density at radius 3 is 2.75 bits per heavy atom. The number of alkyl halides is 3. The number of hydrogen-bond donors (Lipinski definition) is 1. The number of Topliss-reactive ketones (excluding diaryl/α,β-unsaturated/α-hetero) is 1. The van der Waals surface area contributed by atoms with Gasteiger partial charge in [-0.25, -0.2) is 0 Å². The number of nitrogens with zero attached hydrogens (tertiary/aromatic N) is 3. The van der Waals surface area contributed by atoms with Gasteiger partial charge in [0, 0.05) is 6.54 Å². The van der Waals surface area contributed by atoms with Crippen LogP contribution in [0.3, 0.4) is 0 Å². The number of halogens is 3. The average Bonchev–Trinajstić information content (AvgIpc) is 2.60. The van der Waals surface area contributed by atoms with E-state index in [4.69, 9.17) is 5.11 Å². The van der Waals surface area contributed by atoms with Crippen molar-refractivity contribution in [3.8, 4) is 0 Å². The number of carbonyl (C=O) groups excluding carboxylic acids is 1. The van der Waals surface area contributed by atoms with Gasteiger partial charge in [0.25, 0.3) is 5.78 Å². The summed E-state index contributed by atoms with van der Waals surface area (Å²) in [6.45, 7) is 1.74. The van der Waals surface area contributed by atoms with Crippen LogP contribution in [0.15, 0.2) is 6.20 Å². The molecule has 0 amide bonds. The smallest absolute Gasteiger partial charge is 0.393 e. The van der Waals surface area contributed by atoms with Gasteiger partial charge in [-0.3, -0.25) is 9.48 Å². The molecule has 16 heavy (non-hydrogen) atoms. The van der Waals surface area contributed by atoms with Crippen molar-refractivity contribution < 1.29 is 23.1 Å². The molecular weight excluding hydrogens is 227 g/mol. The maximum absolute atomic E-state index is 12.0. The molecular formula is C8H10F3N3O2. The van der Waals surface area contributed by atoms with E-state index < -0.39 is 23.8 Å². The molecule has 1 heterocycles. The summed E-state index contributed by atoms with van der Waals surface area (Å²) in [6, 6.07) is 0. The van der Waals surface area contributed by atoms with Gasteiger partial charge in [0.2, 0.25) is 0 Å². The molecule has 0 spiro atoms. The van der Waals surface area contributed by atoms with Crippen LogP contribution >= 0.6 is 0 Å². The van der Waals surface area contributed by atoms with Gasteiger partial charge in [-0.05, 0) is 13.3 Å². The Morgan fingerprint density at radius 1 is 1.62 bits per heavy atom. The molecule has 0 saturated heterocycles. The summed E-state index contributed by atoms with van der Waals surface area (Å²) < 4.78 is 37.1. The standard InChI is InChI=1S/C8H10F3N3O2/c1-5(15)2-3-14-4-6(12-13-14)7(16)8(9,10)11/h4-5,15H,2-3H2,1H3. The lowest BCUT2D eigenvalue weighted by atomic mass is 10.3. The molecule has 0 aromatic carbocycles. The average molecular weight is 237 g/mol. The summed E-state index contributed by atoms with van der Waals surface area (Å²) in [6.07, 6.45) is -4.29. The van der Waals surface area contributed by atoms with Gasteiger partial charge < -0.3 is 5.11 Å². The van der Waals surface area contributed by atoms with Crippen molar-refractivity contribution in [3.05, 3.63) is 11.9 Å². The minimum atomic E-state index is -4.94. The third kappa shape index (κ3) is 3.30. The molecule has 1 atom stereocenters. The fourth-order valence-corrected chi connectivity index (χ4v) is 0.976. The molecule has 90 valence electrons. The van der Waals surface area contributed by atoms with Crippen molar-refractivity contribution in [2.24, 2.45) is 0 Å². The second-order valence-electron chi connectivity index (χ2n) is 3.33. The zero-order chi connectivity index (χ0) is 12.3. The third-order valence-corrected chi connectivity index (χ3v) is 1.80. The fourth-order valence-electron chi connectivity index (χ4n) is 0.976. The van der Waals surface area contributed by atoms with E-state index in [-0.39, 0.29) is 6.54 Å². The van der Waals surface area contributed by atoms with Crippen LogP contribution in [-0.2, 0) is 6.54 Å². The highest BCUT2D eigenvalue weighted by Gasteiger charge is 2.41. The zero-order valence-corrected chi connectivity index (χ0v) is 8.40. The van der Waals surface area contributed by atoms with Crippen LogP contribution in [0.5, 0.6) is 0 Å². The largest absolute Gasteiger partial charge is 0.456 e. The molecule has 1 unspecified atom stereocenters. The van der Waals surface area contributed by atoms with E-state index in [9.17, 15) is 18.0 Å². The predicted octanol–water partition coefficient (Wildman–Crippen LogP) is 0.794. The minimum absolute atomic E-state index is 0.204. The van der Waals surface area contributed by atoms with E-state index in [2.05, 4.69) is 10.3 Å². The minimum Gasteiger partial charge on any atom is -0.393 e. The molecule has 1 aromatic rings. The summed E-state index contributed by atoms with van der Waals surface area (Å²) >= 11 is 0. The lowest BCUT2D eigenvalue weighted by Gasteiger charge is -2.02. The van der Waals surface area contributed by atoms with Gasteiger partial charge in [-0.1, -0.05) is 5.21 Å². The van der Waals surface area contributed by atoms with Gasteiger partial charge in [0.1, 0.15) is 0 Å². The Hall–Kier alpha value is -1.44. The summed E-state index contributed by atoms with van der Waals surface area (Å²) in [7, 11) is 0. The van der Waals surface area contributed by atoms with Crippen LogP contribution in [0.1, 0.15) is 23.8 Å². The van der Waals surface area contributed by atoms with Crippen molar-refractivity contribution in [1.82, 2.24) is 15.0 Å². The SMILES string of the molecule is CC(O)CCn1cc(C(=O)C(F)(F)F)nn1. The molecule has 0 saturated carbocycles. The van der Waals surface area contributed by atoms with E-state index in [1.165, 1.54) is 0 Å². The van der Waals surface area contributed by atoms with Crippen LogP contribution < -0.4 is 0 Å². The maximum atomic E-state index is 12.0. The number of rotatable bonds is 4. The van der Waals surface area contributed by atoms with Crippen LogP contribution in [0.2, 0.25) is 0 Å². The van der Waals surface area contributed by atoms with Crippen LogP contribution in [0, 0.1) is 0 Å². The van der Waals surface area contributed by atoms with Crippen LogP contribution in [0.4, 0.5) is 13.2 Å². The summed E-state index contributed by atoms with van der Waals surface area (Å²) in [4.78, 5) is 10.7. The van der Waals surface area contributed by atoms with E-state index in [1.807, 2.05) is 0 Å². The first-order valence-electron chi connectivity index (χ1n) is 4.50. The molecule has 0 aliphatic carbocycles. The fraction of sp³-hybridized carbons (Fsp3) is 0.625. The van der Waals surface area contributed by atoms with Crippen LogP contribution in [0.25, 0.3) is 0 Å². The van der Waals surface area contributed by atoms with Crippen LogP contribution in [-0.4, -0.2) is 38.2 Å². The van der Waals surface area contributed by atoms with Gasteiger partial charge in [-0.15, -0.1) is 5.10 Å². The number of carbonyl (C=O) groups is 1. The quantitative estimate of drug-likeness (QED) is 0.786. The number of aliphatic hydroxyl groups is 1. The number of aliphatic hydroxyl groups excluding tert-OH is 1. The molecule has 0 aliphatic rings. The molecule has 0 bridgehead atoms. The second-order valence-corrected chi connectivity index (χ2v) is 3.33. The van der Waals surface area contributed by atoms with Gasteiger partial charge in [-0.2, -0.15) is 13.2 Å². The normalized spacial score (nSPS) is 13.8. The van der Waals surface area contributed by atoms with E-state index in [1.54, 1.807) is 6.92 Å². The molecule has 5 nitrogen and oxygen atoms in total. The van der Waals surface area contributed by atoms with E-state index in [0.717, 1.165) is 10.9 Å². The second kappa shape index (κ2) is 4.60. The Bertz CT molecular complexity index is 373. The summed E-state index contributed by atoms with van der Waals surface area (Å²) in [5.74, 6) is -2.02. The highest BCUT2D eigenvalue weighted by molar-refractivity contribution is 5.98. The Kier molecular flexibility index (Phi) is 3.63. The number of hydrogen-bond acceptors (Lipinski definition) is 4. The Balaban J connectivity index is 2.68. The van der Waals surface area contributed by atoms with E-state index >= 15 is 0 Å². The lowest BCUT2D eigenvalue weighted by molar-refractivity contribution is -0.0888. The van der Waals surface area contributed by atoms with E-state index in [0.29, 0.717) is 6.42 Å². The van der Waals surface area contributed by atoms with Crippen molar-refractivity contribution in [2.45, 2.75) is 32.2 Å². The third-order valence-electron chi connectivity index (χ3n) is 1.80. The highest BCUT2D eigenvalue weighted by atomic mass is 19.4. The molecule has 1 N–H and O–H groups in total. The van der Waals surface area contributed by atoms with Gasteiger partial charge >= 0.3 is 6.18 Å². The maximum Gasteiger partial charge on any atom is 0.456 e. The number of ketones is 1. The first-order chi connectivity index (χ1) is 7.30. The highest BCUT2D eigenvalue weighted by Crippen LogP contribution is 2.19. The number of aromatic nitrogens is 3. The molecule has 0 fully saturated rings. The Morgan fingerprint density at radius 2 is 2.25 bits per heavy atom. The first kappa shape index (κ1) is 12.6. The van der Waals surface area contributed by atoms with Crippen molar-refractivity contribution >= 4 is 5.78 Å².